The lowest BCUT2D eigenvalue weighted by atomic mass is 9.88. The molecule has 1 saturated heterocycles. The number of anilines is 1. The fourth-order valence-corrected chi connectivity index (χ4v) is 2.96. The van der Waals surface area contributed by atoms with Crippen molar-refractivity contribution in [3.8, 4) is 0 Å². The molecule has 0 saturated carbocycles. The lowest BCUT2D eigenvalue weighted by Crippen LogP contribution is -2.55. The van der Waals surface area contributed by atoms with E-state index in [1.54, 1.807) is 16.8 Å². The summed E-state index contributed by atoms with van der Waals surface area (Å²) in [5, 5.41) is 0. The second-order valence-electron chi connectivity index (χ2n) is 8.60. The fraction of sp³-hybridized carbons (Fsp3) is 0.765. The first kappa shape index (κ1) is 17.9. The van der Waals surface area contributed by atoms with E-state index >= 15 is 0 Å². The Morgan fingerprint density at radius 1 is 1.26 bits per heavy atom. The first-order chi connectivity index (χ1) is 10.5. The first-order valence-electron chi connectivity index (χ1n) is 8.21. The van der Waals surface area contributed by atoms with E-state index in [-0.39, 0.29) is 34.8 Å². The molecule has 1 aromatic rings. The molecule has 0 aromatic carbocycles. The molecule has 1 fully saturated rings. The SMILES string of the molecule is CC(C)(C)CC1CN(C(C)(C)C)CC(n2ccc(N)nc2=O)O1. The van der Waals surface area contributed by atoms with E-state index in [4.69, 9.17) is 10.5 Å². The molecule has 2 heterocycles. The summed E-state index contributed by atoms with van der Waals surface area (Å²) >= 11 is 0. The molecule has 0 aliphatic carbocycles. The Labute approximate surface area is 138 Å². The minimum Gasteiger partial charge on any atom is -0.383 e. The van der Waals surface area contributed by atoms with E-state index in [9.17, 15) is 4.79 Å². The molecule has 130 valence electrons. The van der Waals surface area contributed by atoms with Gasteiger partial charge in [-0.15, -0.1) is 0 Å². The summed E-state index contributed by atoms with van der Waals surface area (Å²) in [7, 11) is 0. The van der Waals surface area contributed by atoms with Crippen LogP contribution < -0.4 is 11.4 Å². The summed E-state index contributed by atoms with van der Waals surface area (Å²) < 4.78 is 7.78. The van der Waals surface area contributed by atoms with Crippen LogP contribution >= 0.6 is 0 Å². The Morgan fingerprint density at radius 2 is 1.91 bits per heavy atom. The number of hydrogen-bond acceptors (Lipinski definition) is 5. The molecule has 2 N–H and O–H groups in total. The van der Waals surface area contributed by atoms with Crippen molar-refractivity contribution in [1.29, 1.82) is 0 Å². The lowest BCUT2D eigenvalue weighted by molar-refractivity contribution is -0.149. The van der Waals surface area contributed by atoms with E-state index < -0.39 is 0 Å². The summed E-state index contributed by atoms with van der Waals surface area (Å²) in [6.45, 7) is 14.7. The van der Waals surface area contributed by atoms with E-state index in [0.717, 1.165) is 13.0 Å². The van der Waals surface area contributed by atoms with Gasteiger partial charge >= 0.3 is 5.69 Å². The highest BCUT2D eigenvalue weighted by Gasteiger charge is 2.36. The van der Waals surface area contributed by atoms with E-state index in [0.29, 0.717) is 6.54 Å². The predicted molar refractivity (Wildman–Crippen MR) is 92.2 cm³/mol. The van der Waals surface area contributed by atoms with Crippen LogP contribution in [0.4, 0.5) is 5.82 Å². The van der Waals surface area contributed by atoms with Crippen LogP contribution in [0, 0.1) is 5.41 Å². The summed E-state index contributed by atoms with van der Waals surface area (Å²) in [6, 6.07) is 1.64. The van der Waals surface area contributed by atoms with E-state index in [1.165, 1.54) is 0 Å². The number of rotatable bonds is 2. The molecular weight excluding hydrogens is 292 g/mol. The van der Waals surface area contributed by atoms with Crippen LogP contribution in [0.3, 0.4) is 0 Å². The Bertz CT molecular complexity index is 598. The highest BCUT2D eigenvalue weighted by atomic mass is 16.5. The van der Waals surface area contributed by atoms with Crippen LogP contribution in [0.2, 0.25) is 0 Å². The Kier molecular flexibility index (Phi) is 4.87. The van der Waals surface area contributed by atoms with Gasteiger partial charge in [0, 0.05) is 24.8 Å². The Morgan fingerprint density at radius 3 is 2.43 bits per heavy atom. The molecule has 2 atom stereocenters. The van der Waals surface area contributed by atoms with E-state index in [2.05, 4.69) is 51.4 Å². The maximum atomic E-state index is 12.2. The van der Waals surface area contributed by atoms with Gasteiger partial charge in [-0.25, -0.2) is 4.79 Å². The van der Waals surface area contributed by atoms with E-state index in [1.807, 2.05) is 0 Å². The zero-order chi connectivity index (χ0) is 17.4. The van der Waals surface area contributed by atoms with Gasteiger partial charge in [0.15, 0.2) is 6.23 Å². The van der Waals surface area contributed by atoms with Gasteiger partial charge in [0.05, 0.1) is 6.10 Å². The molecule has 1 aromatic heterocycles. The second-order valence-corrected chi connectivity index (χ2v) is 8.60. The Balaban J connectivity index is 2.29. The van der Waals surface area contributed by atoms with Gasteiger partial charge in [-0.05, 0) is 38.7 Å². The molecule has 2 unspecified atom stereocenters. The molecule has 1 aliphatic heterocycles. The lowest BCUT2D eigenvalue weighted by Gasteiger charge is -2.46. The van der Waals surface area contributed by atoms with Gasteiger partial charge in [0.2, 0.25) is 0 Å². The molecule has 0 amide bonds. The molecule has 0 spiro atoms. The number of morpholine rings is 1. The molecule has 0 radical (unpaired) electrons. The third-order valence-electron chi connectivity index (χ3n) is 4.10. The Hall–Kier alpha value is -1.40. The van der Waals surface area contributed by atoms with Gasteiger partial charge in [-0.1, -0.05) is 20.8 Å². The van der Waals surface area contributed by atoms with Gasteiger partial charge in [0.25, 0.3) is 0 Å². The monoisotopic (exact) mass is 322 g/mol. The molecule has 6 nitrogen and oxygen atoms in total. The predicted octanol–water partition coefficient (Wildman–Crippen LogP) is 2.26. The topological polar surface area (TPSA) is 73.4 Å². The largest absolute Gasteiger partial charge is 0.383 e. The van der Waals surface area contributed by atoms with Crippen LogP contribution in [-0.4, -0.2) is 39.2 Å². The molecular formula is C17H30N4O2. The van der Waals surface area contributed by atoms with Crippen molar-refractivity contribution in [1.82, 2.24) is 14.5 Å². The number of hydrogen-bond donors (Lipinski definition) is 1. The van der Waals surface area contributed by atoms with Crippen LogP contribution in [0.15, 0.2) is 17.1 Å². The number of nitrogen functional groups attached to an aromatic ring is 1. The molecule has 2 rings (SSSR count). The summed E-state index contributed by atoms with van der Waals surface area (Å²) in [6.07, 6.45) is 2.36. The minimum absolute atomic E-state index is 0.0169. The average molecular weight is 322 g/mol. The highest BCUT2D eigenvalue weighted by Crippen LogP contribution is 2.31. The zero-order valence-corrected chi connectivity index (χ0v) is 15.2. The first-order valence-corrected chi connectivity index (χ1v) is 8.21. The standard InChI is InChI=1S/C17H30N4O2/c1-16(2,3)9-12-10-20(17(4,5)6)11-14(23-12)21-8-7-13(18)19-15(21)22/h7-8,12,14H,9-11H2,1-6H3,(H2,18,19,22). The molecule has 0 bridgehead atoms. The smallest absolute Gasteiger partial charge is 0.351 e. The van der Waals surface area contributed by atoms with Crippen LogP contribution in [0.25, 0.3) is 0 Å². The van der Waals surface area contributed by atoms with Crippen molar-refractivity contribution in [2.24, 2.45) is 5.41 Å². The van der Waals surface area contributed by atoms with Crippen molar-refractivity contribution in [2.45, 2.75) is 65.8 Å². The van der Waals surface area contributed by atoms with Gasteiger partial charge in [0.1, 0.15) is 5.82 Å². The van der Waals surface area contributed by atoms with Crippen molar-refractivity contribution in [3.05, 3.63) is 22.7 Å². The second kappa shape index (κ2) is 6.24. The van der Waals surface area contributed by atoms with Crippen molar-refractivity contribution >= 4 is 5.82 Å². The number of nitrogens with two attached hydrogens (primary N) is 1. The van der Waals surface area contributed by atoms with Crippen LogP contribution in [0.1, 0.15) is 54.2 Å². The average Bonchev–Trinajstić information content (AvgIpc) is 2.35. The maximum absolute atomic E-state index is 12.2. The van der Waals surface area contributed by atoms with Gasteiger partial charge in [-0.2, -0.15) is 4.98 Å². The third-order valence-corrected chi connectivity index (χ3v) is 4.10. The van der Waals surface area contributed by atoms with Crippen LogP contribution in [-0.2, 0) is 4.74 Å². The number of ether oxygens (including phenoxy) is 1. The molecule has 1 aliphatic rings. The summed E-state index contributed by atoms with van der Waals surface area (Å²) in [5.74, 6) is 0.237. The normalized spacial score (nSPS) is 23.9. The van der Waals surface area contributed by atoms with Crippen molar-refractivity contribution in [2.75, 3.05) is 18.8 Å². The van der Waals surface area contributed by atoms with Gasteiger partial charge < -0.3 is 10.5 Å². The molecule has 6 heteroatoms. The quantitative estimate of drug-likeness (QED) is 0.904. The summed E-state index contributed by atoms with van der Waals surface area (Å²) in [4.78, 5) is 18.4. The zero-order valence-electron chi connectivity index (χ0n) is 15.2. The minimum atomic E-state index is -0.361. The number of nitrogens with zero attached hydrogens (tertiary/aromatic N) is 3. The summed E-state index contributed by atoms with van der Waals surface area (Å²) in [5.41, 5.74) is 5.41. The molecule has 23 heavy (non-hydrogen) atoms. The van der Waals surface area contributed by atoms with Crippen molar-refractivity contribution in [3.63, 3.8) is 0 Å². The fourth-order valence-electron chi connectivity index (χ4n) is 2.96. The van der Waals surface area contributed by atoms with Crippen molar-refractivity contribution < 1.29 is 4.74 Å². The van der Waals surface area contributed by atoms with Crippen LogP contribution in [0.5, 0.6) is 0 Å². The third kappa shape index (κ3) is 4.78. The maximum Gasteiger partial charge on any atom is 0.351 e. The number of aromatic nitrogens is 2. The van der Waals surface area contributed by atoms with Gasteiger partial charge in [-0.3, -0.25) is 9.47 Å². The highest BCUT2D eigenvalue weighted by molar-refractivity contribution is 5.23.